The molecule has 0 saturated heterocycles. The van der Waals surface area contributed by atoms with Crippen LogP contribution >= 0.6 is 0 Å². The molecule has 0 atom stereocenters. The van der Waals surface area contributed by atoms with Crippen molar-refractivity contribution < 1.29 is 17.9 Å². The number of halogens is 3. The van der Waals surface area contributed by atoms with Crippen molar-refractivity contribution in [3.05, 3.63) is 66.0 Å². The minimum atomic E-state index is -3.06. The first-order chi connectivity index (χ1) is 9.47. The van der Waals surface area contributed by atoms with Crippen LogP contribution in [0, 0.1) is 5.82 Å². The molecule has 1 nitrogen and oxygen atoms in total. The van der Waals surface area contributed by atoms with Crippen LogP contribution in [0.1, 0.15) is 11.1 Å². The SMILES string of the molecule is [B]c1cccc(C(=C)c2ccc(OC(F)F)c(F)c2)c1. The summed E-state index contributed by atoms with van der Waals surface area (Å²) in [6.07, 6.45) is 0. The molecule has 0 heterocycles. The number of alkyl halides is 2. The van der Waals surface area contributed by atoms with Crippen LogP contribution in [0.3, 0.4) is 0 Å². The molecular weight excluding hydrogens is 264 g/mol. The van der Waals surface area contributed by atoms with E-state index >= 15 is 0 Å². The molecule has 0 fully saturated rings. The Morgan fingerprint density at radius 1 is 1.10 bits per heavy atom. The molecule has 0 N–H and O–H groups in total. The molecule has 0 unspecified atom stereocenters. The molecule has 0 saturated carbocycles. The van der Waals surface area contributed by atoms with Crippen LogP contribution in [0.15, 0.2) is 49.0 Å². The number of ether oxygens (including phenoxy) is 1. The van der Waals surface area contributed by atoms with Crippen molar-refractivity contribution in [3.63, 3.8) is 0 Å². The lowest BCUT2D eigenvalue weighted by atomic mass is 9.91. The van der Waals surface area contributed by atoms with Crippen molar-refractivity contribution in [2.24, 2.45) is 0 Å². The van der Waals surface area contributed by atoms with Gasteiger partial charge >= 0.3 is 6.61 Å². The van der Waals surface area contributed by atoms with Crippen LogP contribution in [0.4, 0.5) is 13.2 Å². The van der Waals surface area contributed by atoms with E-state index in [1.807, 2.05) is 0 Å². The first-order valence-corrected chi connectivity index (χ1v) is 5.77. The Bertz CT molecular complexity index is 641. The fourth-order valence-corrected chi connectivity index (χ4v) is 1.77. The highest BCUT2D eigenvalue weighted by Gasteiger charge is 2.12. The standard InChI is InChI=1S/C15H10BF3O/c1-9(10-3-2-4-12(16)7-10)11-5-6-14(13(17)8-11)20-15(18)19/h2-8,15H,1H2. The number of benzene rings is 2. The molecule has 0 amide bonds. The van der Waals surface area contributed by atoms with Crippen molar-refractivity contribution in [3.8, 4) is 5.75 Å². The quantitative estimate of drug-likeness (QED) is 0.777. The molecule has 0 aliphatic heterocycles. The lowest BCUT2D eigenvalue weighted by Gasteiger charge is -2.10. The number of hydrogen-bond acceptors (Lipinski definition) is 1. The molecule has 0 aliphatic carbocycles. The topological polar surface area (TPSA) is 9.23 Å². The van der Waals surface area contributed by atoms with Gasteiger partial charge in [0, 0.05) is 0 Å². The monoisotopic (exact) mass is 274 g/mol. The van der Waals surface area contributed by atoms with Crippen molar-refractivity contribution >= 4 is 18.9 Å². The minimum absolute atomic E-state index is 0.467. The van der Waals surface area contributed by atoms with Gasteiger partial charge in [0.1, 0.15) is 7.85 Å². The van der Waals surface area contributed by atoms with Crippen LogP contribution in [0.2, 0.25) is 0 Å². The molecule has 100 valence electrons. The van der Waals surface area contributed by atoms with Gasteiger partial charge < -0.3 is 4.74 Å². The summed E-state index contributed by atoms with van der Waals surface area (Å²) in [5.41, 5.74) is 2.29. The fraction of sp³-hybridized carbons (Fsp3) is 0.0667. The van der Waals surface area contributed by atoms with Gasteiger partial charge in [0.25, 0.3) is 0 Å². The Kier molecular flexibility index (Phi) is 4.18. The average Bonchev–Trinajstić information content (AvgIpc) is 2.40. The second kappa shape index (κ2) is 5.86. The van der Waals surface area contributed by atoms with Gasteiger partial charge in [-0.3, -0.25) is 0 Å². The van der Waals surface area contributed by atoms with Gasteiger partial charge in [-0.05, 0) is 28.8 Å². The van der Waals surface area contributed by atoms with Gasteiger partial charge in [0.15, 0.2) is 11.6 Å². The first-order valence-electron chi connectivity index (χ1n) is 5.77. The maximum absolute atomic E-state index is 13.6. The van der Waals surface area contributed by atoms with Crippen LogP contribution in [-0.2, 0) is 0 Å². The molecular formula is C15H10BF3O. The van der Waals surface area contributed by atoms with Gasteiger partial charge in [-0.15, -0.1) is 0 Å². The van der Waals surface area contributed by atoms with E-state index in [1.165, 1.54) is 6.07 Å². The zero-order valence-corrected chi connectivity index (χ0v) is 10.4. The maximum atomic E-state index is 13.6. The Hall–Kier alpha value is -2.17. The molecule has 0 spiro atoms. The third kappa shape index (κ3) is 3.23. The smallest absolute Gasteiger partial charge is 0.387 e. The van der Waals surface area contributed by atoms with Gasteiger partial charge in [-0.25, -0.2) is 4.39 Å². The Balaban J connectivity index is 2.30. The largest absolute Gasteiger partial charge is 0.432 e. The van der Waals surface area contributed by atoms with Gasteiger partial charge in [-0.1, -0.05) is 42.4 Å². The van der Waals surface area contributed by atoms with E-state index in [1.54, 1.807) is 24.3 Å². The fourth-order valence-electron chi connectivity index (χ4n) is 1.77. The Morgan fingerprint density at radius 2 is 1.80 bits per heavy atom. The van der Waals surface area contributed by atoms with Crippen molar-refractivity contribution in [1.82, 2.24) is 0 Å². The van der Waals surface area contributed by atoms with E-state index in [0.717, 1.165) is 17.7 Å². The van der Waals surface area contributed by atoms with E-state index in [2.05, 4.69) is 11.3 Å². The molecule has 20 heavy (non-hydrogen) atoms. The second-order valence-electron chi connectivity index (χ2n) is 4.13. The normalized spacial score (nSPS) is 10.6. The minimum Gasteiger partial charge on any atom is -0.432 e. The van der Waals surface area contributed by atoms with Crippen LogP contribution in [-0.4, -0.2) is 14.5 Å². The highest BCUT2D eigenvalue weighted by molar-refractivity contribution is 6.32. The van der Waals surface area contributed by atoms with E-state index in [0.29, 0.717) is 16.6 Å². The predicted molar refractivity (Wildman–Crippen MR) is 73.0 cm³/mol. The maximum Gasteiger partial charge on any atom is 0.387 e. The molecule has 2 aromatic rings. The second-order valence-corrected chi connectivity index (χ2v) is 4.13. The summed E-state index contributed by atoms with van der Waals surface area (Å²) < 4.78 is 41.8. The molecule has 0 aromatic heterocycles. The van der Waals surface area contributed by atoms with Crippen molar-refractivity contribution in [2.45, 2.75) is 6.61 Å². The van der Waals surface area contributed by atoms with Crippen LogP contribution in [0.25, 0.3) is 5.57 Å². The summed E-state index contributed by atoms with van der Waals surface area (Å²) >= 11 is 0. The molecule has 2 radical (unpaired) electrons. The third-order valence-corrected chi connectivity index (χ3v) is 2.73. The Morgan fingerprint density at radius 3 is 2.40 bits per heavy atom. The predicted octanol–water partition coefficient (Wildman–Crippen LogP) is 3.28. The van der Waals surface area contributed by atoms with Gasteiger partial charge in [0.2, 0.25) is 0 Å². The first kappa shape index (κ1) is 14.2. The third-order valence-electron chi connectivity index (χ3n) is 2.73. The highest BCUT2D eigenvalue weighted by Crippen LogP contribution is 2.26. The highest BCUT2D eigenvalue weighted by atomic mass is 19.3. The summed E-state index contributed by atoms with van der Waals surface area (Å²) in [4.78, 5) is 0. The summed E-state index contributed by atoms with van der Waals surface area (Å²) in [6.45, 7) is 0.794. The van der Waals surface area contributed by atoms with E-state index < -0.39 is 18.2 Å². The van der Waals surface area contributed by atoms with Crippen LogP contribution in [0.5, 0.6) is 5.75 Å². The van der Waals surface area contributed by atoms with Crippen molar-refractivity contribution in [1.29, 1.82) is 0 Å². The van der Waals surface area contributed by atoms with E-state index in [9.17, 15) is 13.2 Å². The van der Waals surface area contributed by atoms with E-state index in [-0.39, 0.29) is 0 Å². The lowest BCUT2D eigenvalue weighted by Crippen LogP contribution is -2.04. The van der Waals surface area contributed by atoms with Crippen LogP contribution < -0.4 is 10.2 Å². The molecule has 0 aliphatic rings. The molecule has 0 bridgehead atoms. The molecule has 2 aromatic carbocycles. The zero-order chi connectivity index (χ0) is 14.7. The molecule has 2 rings (SSSR count). The summed E-state index contributed by atoms with van der Waals surface area (Å²) in [7, 11) is 5.66. The van der Waals surface area contributed by atoms with Gasteiger partial charge in [0.05, 0.1) is 0 Å². The summed E-state index contributed by atoms with van der Waals surface area (Å²) in [5, 5.41) is 0. The zero-order valence-electron chi connectivity index (χ0n) is 10.4. The Labute approximate surface area is 116 Å². The van der Waals surface area contributed by atoms with Gasteiger partial charge in [-0.2, -0.15) is 8.78 Å². The van der Waals surface area contributed by atoms with Crippen molar-refractivity contribution in [2.75, 3.05) is 0 Å². The number of rotatable bonds is 4. The summed E-state index contributed by atoms with van der Waals surface area (Å²) in [5.74, 6) is -1.36. The number of hydrogen-bond donors (Lipinski definition) is 0. The molecule has 5 heteroatoms. The summed E-state index contributed by atoms with van der Waals surface area (Å²) in [6, 6.07) is 10.7. The average molecular weight is 274 g/mol. The lowest BCUT2D eigenvalue weighted by molar-refractivity contribution is -0.0521. The van der Waals surface area contributed by atoms with E-state index in [4.69, 9.17) is 7.85 Å².